The lowest BCUT2D eigenvalue weighted by molar-refractivity contribution is -0.158. The first kappa shape index (κ1) is 21.1. The van der Waals surface area contributed by atoms with E-state index in [1.54, 1.807) is 32.0 Å². The van der Waals surface area contributed by atoms with Crippen LogP contribution in [-0.2, 0) is 19.1 Å². The van der Waals surface area contributed by atoms with Gasteiger partial charge in [-0.15, -0.1) is 0 Å². The highest BCUT2D eigenvalue weighted by atomic mass is 16.5. The molecule has 2 heterocycles. The molecule has 9 heteroatoms. The number of ether oxygens (including phenoxy) is 3. The number of methoxy groups -OCH3 is 2. The average molecular weight is 406 g/mol. The van der Waals surface area contributed by atoms with Crippen LogP contribution in [0, 0.1) is 11.8 Å². The molecule has 2 saturated heterocycles. The first-order valence-corrected chi connectivity index (χ1v) is 9.53. The Balaban J connectivity index is 2.16. The fraction of sp³-hybridized carbons (Fsp3) is 0.550. The Morgan fingerprint density at radius 2 is 1.93 bits per heavy atom. The van der Waals surface area contributed by atoms with Crippen molar-refractivity contribution >= 4 is 17.8 Å². The fourth-order valence-corrected chi connectivity index (χ4v) is 4.37. The summed E-state index contributed by atoms with van der Waals surface area (Å²) in [6, 6.07) is 4.35. The third-order valence-corrected chi connectivity index (χ3v) is 5.73. The second kappa shape index (κ2) is 8.00. The highest BCUT2D eigenvalue weighted by Gasteiger charge is 2.68. The van der Waals surface area contributed by atoms with Crippen LogP contribution in [0.3, 0.4) is 0 Å². The third-order valence-electron chi connectivity index (χ3n) is 5.73. The normalized spacial score (nSPS) is 28.4. The lowest BCUT2D eigenvalue weighted by Gasteiger charge is -2.31. The Hall–Kier alpha value is -2.65. The summed E-state index contributed by atoms with van der Waals surface area (Å²) in [6.45, 7) is 2.91. The van der Waals surface area contributed by atoms with E-state index in [0.29, 0.717) is 17.1 Å². The van der Waals surface area contributed by atoms with E-state index in [1.165, 1.54) is 14.2 Å². The number of esters is 1. The van der Waals surface area contributed by atoms with Crippen LogP contribution in [0.25, 0.3) is 0 Å². The molecule has 0 aromatic heterocycles. The third kappa shape index (κ3) is 3.05. The van der Waals surface area contributed by atoms with Crippen molar-refractivity contribution in [2.24, 2.45) is 11.8 Å². The number of benzene rings is 1. The van der Waals surface area contributed by atoms with Crippen molar-refractivity contribution in [1.82, 2.24) is 10.2 Å². The number of nitrogens with zero attached hydrogens (tertiary/aromatic N) is 1. The van der Waals surface area contributed by atoms with E-state index in [1.807, 2.05) is 0 Å². The molecule has 2 N–H and O–H groups in total. The standard InChI is InChI=1S/C20H26N2O7/c1-5-22-17(24)14-15(18(22)25)20(10-23,19(26)29-6-2)21-16(14)12-8-7-11(27-3)9-13(12)28-4/h7-9,14-16,21,23H,5-6,10H2,1-4H3/t14-,15+,16+,20+/m0/s1. The molecule has 4 atom stereocenters. The SMILES string of the molecule is CCOC(=O)[C@]1(CO)N[C@H](c2ccc(OC)cc2OC)[C@H]2C(=O)N(CC)C(=O)[C@@H]21. The van der Waals surface area contributed by atoms with Crippen LogP contribution in [0.5, 0.6) is 11.5 Å². The molecule has 2 aliphatic rings. The van der Waals surface area contributed by atoms with Crippen molar-refractivity contribution in [2.75, 3.05) is 34.0 Å². The molecule has 0 aliphatic carbocycles. The number of amides is 2. The van der Waals surface area contributed by atoms with Crippen LogP contribution in [0.15, 0.2) is 18.2 Å². The molecule has 0 unspecified atom stereocenters. The van der Waals surface area contributed by atoms with Crippen LogP contribution < -0.4 is 14.8 Å². The van der Waals surface area contributed by atoms with E-state index < -0.39 is 47.8 Å². The zero-order chi connectivity index (χ0) is 21.3. The van der Waals surface area contributed by atoms with Crippen molar-refractivity contribution in [2.45, 2.75) is 25.4 Å². The van der Waals surface area contributed by atoms with Gasteiger partial charge in [0.15, 0.2) is 5.54 Å². The van der Waals surface area contributed by atoms with Crippen LogP contribution in [0.4, 0.5) is 0 Å². The fourth-order valence-electron chi connectivity index (χ4n) is 4.37. The molecule has 158 valence electrons. The molecule has 29 heavy (non-hydrogen) atoms. The van der Waals surface area contributed by atoms with Gasteiger partial charge in [0, 0.05) is 24.2 Å². The highest BCUT2D eigenvalue weighted by Crippen LogP contribution is 2.50. The van der Waals surface area contributed by atoms with E-state index in [-0.39, 0.29) is 13.2 Å². The first-order chi connectivity index (χ1) is 13.9. The maximum absolute atomic E-state index is 13.1. The van der Waals surface area contributed by atoms with Gasteiger partial charge in [-0.2, -0.15) is 0 Å². The second-order valence-electron chi connectivity index (χ2n) is 7.00. The minimum absolute atomic E-state index is 0.0792. The molecule has 0 radical (unpaired) electrons. The minimum Gasteiger partial charge on any atom is -0.497 e. The van der Waals surface area contributed by atoms with E-state index >= 15 is 0 Å². The first-order valence-electron chi connectivity index (χ1n) is 9.53. The summed E-state index contributed by atoms with van der Waals surface area (Å²) >= 11 is 0. The van der Waals surface area contributed by atoms with Crippen molar-refractivity contribution in [3.05, 3.63) is 23.8 Å². The van der Waals surface area contributed by atoms with E-state index in [9.17, 15) is 19.5 Å². The Bertz CT molecular complexity index is 827. The van der Waals surface area contributed by atoms with E-state index in [2.05, 4.69) is 5.32 Å². The summed E-state index contributed by atoms with van der Waals surface area (Å²) in [5.74, 6) is -2.59. The molecular weight excluding hydrogens is 380 g/mol. The van der Waals surface area contributed by atoms with Gasteiger partial charge < -0.3 is 19.3 Å². The number of fused-ring (bicyclic) bond motifs is 1. The van der Waals surface area contributed by atoms with E-state index in [0.717, 1.165) is 4.90 Å². The molecule has 0 spiro atoms. The molecule has 2 fully saturated rings. The quantitative estimate of drug-likeness (QED) is 0.490. The lowest BCUT2D eigenvalue weighted by atomic mass is 9.79. The molecule has 2 aliphatic heterocycles. The number of imide groups is 1. The number of hydrogen-bond donors (Lipinski definition) is 2. The van der Waals surface area contributed by atoms with Gasteiger partial charge in [0.25, 0.3) is 0 Å². The molecule has 3 rings (SSSR count). The van der Waals surface area contributed by atoms with Crippen molar-refractivity contribution in [1.29, 1.82) is 0 Å². The number of rotatable bonds is 7. The van der Waals surface area contributed by atoms with Gasteiger partial charge in [0.2, 0.25) is 11.8 Å². The maximum atomic E-state index is 13.1. The van der Waals surface area contributed by atoms with Crippen LogP contribution in [0.1, 0.15) is 25.5 Å². The van der Waals surface area contributed by atoms with Crippen molar-refractivity contribution < 1.29 is 33.7 Å². The molecule has 2 amide bonds. The molecule has 1 aromatic carbocycles. The Kier molecular flexibility index (Phi) is 5.81. The summed E-state index contributed by atoms with van der Waals surface area (Å²) in [4.78, 5) is 40.1. The predicted octanol–water partition coefficient (Wildman–Crippen LogP) is 0.263. The number of hydrogen-bond acceptors (Lipinski definition) is 8. The second-order valence-corrected chi connectivity index (χ2v) is 7.00. The van der Waals surface area contributed by atoms with Crippen molar-refractivity contribution in [3.63, 3.8) is 0 Å². The van der Waals surface area contributed by atoms with E-state index in [4.69, 9.17) is 14.2 Å². The Morgan fingerprint density at radius 1 is 1.21 bits per heavy atom. The largest absolute Gasteiger partial charge is 0.497 e. The number of carbonyl (C=O) groups excluding carboxylic acids is 3. The van der Waals surface area contributed by atoms with Gasteiger partial charge in [-0.3, -0.25) is 19.8 Å². The molecule has 0 saturated carbocycles. The number of aliphatic hydroxyl groups excluding tert-OH is 1. The van der Waals surface area contributed by atoms with Gasteiger partial charge in [-0.1, -0.05) is 6.07 Å². The Labute approximate surface area is 168 Å². The summed E-state index contributed by atoms with van der Waals surface area (Å²) in [5, 5.41) is 13.3. The lowest BCUT2D eigenvalue weighted by Crippen LogP contribution is -2.59. The zero-order valence-electron chi connectivity index (χ0n) is 16.9. The van der Waals surface area contributed by atoms with Gasteiger partial charge in [-0.25, -0.2) is 4.79 Å². The molecule has 9 nitrogen and oxygen atoms in total. The van der Waals surface area contributed by atoms with Gasteiger partial charge in [0.05, 0.1) is 39.3 Å². The van der Waals surface area contributed by atoms with Gasteiger partial charge in [-0.05, 0) is 19.9 Å². The maximum Gasteiger partial charge on any atom is 0.329 e. The van der Waals surface area contributed by atoms with Crippen LogP contribution in [0.2, 0.25) is 0 Å². The minimum atomic E-state index is -1.72. The van der Waals surface area contributed by atoms with Crippen molar-refractivity contribution in [3.8, 4) is 11.5 Å². The summed E-state index contributed by atoms with van der Waals surface area (Å²) in [5.41, 5.74) is -1.13. The summed E-state index contributed by atoms with van der Waals surface area (Å²) < 4.78 is 15.9. The number of likely N-dealkylation sites (tertiary alicyclic amines) is 1. The summed E-state index contributed by atoms with van der Waals surface area (Å²) in [7, 11) is 3.00. The molecular formula is C20H26N2O7. The topological polar surface area (TPSA) is 114 Å². The smallest absolute Gasteiger partial charge is 0.329 e. The van der Waals surface area contributed by atoms with Gasteiger partial charge >= 0.3 is 5.97 Å². The number of carbonyl (C=O) groups is 3. The zero-order valence-corrected chi connectivity index (χ0v) is 16.9. The molecule has 0 bridgehead atoms. The average Bonchev–Trinajstić information content (AvgIpc) is 3.21. The Morgan fingerprint density at radius 3 is 2.48 bits per heavy atom. The predicted molar refractivity (Wildman–Crippen MR) is 101 cm³/mol. The molecule has 1 aromatic rings. The van der Waals surface area contributed by atoms with Crippen LogP contribution in [-0.4, -0.2) is 67.3 Å². The monoisotopic (exact) mass is 406 g/mol. The van der Waals surface area contributed by atoms with Crippen LogP contribution >= 0.6 is 0 Å². The summed E-state index contributed by atoms with van der Waals surface area (Å²) in [6.07, 6.45) is 0. The highest BCUT2D eigenvalue weighted by molar-refractivity contribution is 6.09. The number of aliphatic hydroxyl groups is 1. The van der Waals surface area contributed by atoms with Gasteiger partial charge in [0.1, 0.15) is 11.5 Å². The number of nitrogens with one attached hydrogen (secondary N) is 1.